The summed E-state index contributed by atoms with van der Waals surface area (Å²) < 4.78 is 0. The summed E-state index contributed by atoms with van der Waals surface area (Å²) in [7, 11) is 0. The molecule has 12 heavy (non-hydrogen) atoms. The fourth-order valence-electron chi connectivity index (χ4n) is 1.28. The number of hydrogen-bond acceptors (Lipinski definition) is 1. The lowest BCUT2D eigenvalue weighted by molar-refractivity contribution is 0.572. The van der Waals surface area contributed by atoms with Gasteiger partial charge in [-0.2, -0.15) is 0 Å². The highest BCUT2D eigenvalue weighted by atomic mass is 14.8. The topological polar surface area (TPSA) is 12.0 Å². The van der Waals surface area contributed by atoms with E-state index in [0.29, 0.717) is 0 Å². The standard InChI is InChI=1S/C11H25N/c1-3-5-7-8-9-11-12-10-6-4-2/h12H,3-11H2,1-2H3. The molecule has 0 fully saturated rings. The molecule has 74 valence electrons. The Balaban J connectivity index is 2.73. The van der Waals surface area contributed by atoms with Gasteiger partial charge in [-0.25, -0.2) is 0 Å². The first kappa shape index (κ1) is 12.0. The molecule has 0 spiro atoms. The minimum atomic E-state index is 1.21. The maximum Gasteiger partial charge on any atom is -0.00489 e. The highest BCUT2D eigenvalue weighted by Gasteiger charge is 1.88. The van der Waals surface area contributed by atoms with Crippen molar-refractivity contribution in [2.45, 2.75) is 58.8 Å². The molecule has 0 unspecified atom stereocenters. The molecule has 0 rings (SSSR count). The predicted octanol–water partition coefficient (Wildman–Crippen LogP) is 3.35. The Morgan fingerprint density at radius 3 is 1.92 bits per heavy atom. The van der Waals surface area contributed by atoms with E-state index in [-0.39, 0.29) is 0 Å². The molecule has 0 saturated heterocycles. The van der Waals surface area contributed by atoms with Gasteiger partial charge in [0, 0.05) is 0 Å². The van der Waals surface area contributed by atoms with Crippen molar-refractivity contribution in [3.63, 3.8) is 0 Å². The third-order valence-electron chi connectivity index (χ3n) is 2.16. The van der Waals surface area contributed by atoms with Crippen molar-refractivity contribution >= 4 is 0 Å². The average molecular weight is 171 g/mol. The normalized spacial score (nSPS) is 10.5. The van der Waals surface area contributed by atoms with Crippen LogP contribution in [0.25, 0.3) is 0 Å². The zero-order valence-electron chi connectivity index (χ0n) is 8.86. The van der Waals surface area contributed by atoms with E-state index in [1.165, 1.54) is 58.0 Å². The van der Waals surface area contributed by atoms with E-state index in [1.54, 1.807) is 0 Å². The molecular weight excluding hydrogens is 146 g/mol. The van der Waals surface area contributed by atoms with E-state index in [2.05, 4.69) is 19.2 Å². The number of nitrogens with one attached hydrogen (secondary N) is 1. The molecule has 0 amide bonds. The first-order chi connectivity index (χ1) is 5.91. The van der Waals surface area contributed by atoms with Crippen LogP contribution in [0.3, 0.4) is 0 Å². The zero-order chi connectivity index (χ0) is 9.07. The second-order valence-corrected chi connectivity index (χ2v) is 3.52. The third-order valence-corrected chi connectivity index (χ3v) is 2.16. The first-order valence-corrected chi connectivity index (χ1v) is 5.62. The van der Waals surface area contributed by atoms with Gasteiger partial charge in [-0.15, -0.1) is 0 Å². The number of rotatable bonds is 9. The summed E-state index contributed by atoms with van der Waals surface area (Å²) in [4.78, 5) is 0. The molecule has 0 aliphatic carbocycles. The van der Waals surface area contributed by atoms with Gasteiger partial charge >= 0.3 is 0 Å². The van der Waals surface area contributed by atoms with Crippen molar-refractivity contribution < 1.29 is 0 Å². The summed E-state index contributed by atoms with van der Waals surface area (Å²) in [6.07, 6.45) is 9.60. The molecule has 0 radical (unpaired) electrons. The number of unbranched alkanes of at least 4 members (excludes halogenated alkanes) is 5. The summed E-state index contributed by atoms with van der Waals surface area (Å²) in [5, 5.41) is 3.46. The lowest BCUT2D eigenvalue weighted by atomic mass is 10.1. The second-order valence-electron chi connectivity index (χ2n) is 3.52. The molecule has 0 aliphatic rings. The van der Waals surface area contributed by atoms with Crippen LogP contribution in [0.15, 0.2) is 0 Å². The average Bonchev–Trinajstić information content (AvgIpc) is 2.10. The molecular formula is C11H25N. The van der Waals surface area contributed by atoms with Crippen LogP contribution in [0.1, 0.15) is 58.8 Å². The minimum Gasteiger partial charge on any atom is -0.317 e. The van der Waals surface area contributed by atoms with E-state index < -0.39 is 0 Å². The van der Waals surface area contributed by atoms with Gasteiger partial charge in [0.05, 0.1) is 0 Å². The van der Waals surface area contributed by atoms with E-state index in [1.807, 2.05) is 0 Å². The number of hydrogen-bond donors (Lipinski definition) is 1. The van der Waals surface area contributed by atoms with Gasteiger partial charge in [-0.1, -0.05) is 46.0 Å². The highest BCUT2D eigenvalue weighted by Crippen LogP contribution is 2.00. The fourth-order valence-corrected chi connectivity index (χ4v) is 1.28. The van der Waals surface area contributed by atoms with Crippen molar-refractivity contribution in [3.8, 4) is 0 Å². The van der Waals surface area contributed by atoms with E-state index in [4.69, 9.17) is 0 Å². The van der Waals surface area contributed by atoms with Gasteiger partial charge in [0.1, 0.15) is 0 Å². The smallest absolute Gasteiger partial charge is 0.00489 e. The van der Waals surface area contributed by atoms with Crippen LogP contribution < -0.4 is 5.32 Å². The lowest BCUT2D eigenvalue weighted by Gasteiger charge is -2.02. The van der Waals surface area contributed by atoms with Crippen molar-refractivity contribution in [1.29, 1.82) is 0 Å². The molecule has 1 heteroatoms. The van der Waals surface area contributed by atoms with Crippen LogP contribution in [0, 0.1) is 0 Å². The van der Waals surface area contributed by atoms with Gasteiger partial charge in [-0.05, 0) is 25.9 Å². The van der Waals surface area contributed by atoms with Crippen LogP contribution in [0.5, 0.6) is 0 Å². The molecule has 0 aromatic heterocycles. The Labute approximate surface area is 77.9 Å². The summed E-state index contributed by atoms with van der Waals surface area (Å²) in [6.45, 7) is 6.94. The van der Waals surface area contributed by atoms with Crippen molar-refractivity contribution in [1.82, 2.24) is 5.32 Å². The van der Waals surface area contributed by atoms with Crippen LogP contribution in [0.2, 0.25) is 0 Å². The lowest BCUT2D eigenvalue weighted by Crippen LogP contribution is -2.16. The van der Waals surface area contributed by atoms with Gasteiger partial charge in [0.2, 0.25) is 0 Å². The van der Waals surface area contributed by atoms with Crippen molar-refractivity contribution in [3.05, 3.63) is 0 Å². The molecule has 0 aromatic rings. The molecule has 1 N–H and O–H groups in total. The van der Waals surface area contributed by atoms with Crippen LogP contribution in [-0.4, -0.2) is 13.1 Å². The monoisotopic (exact) mass is 171 g/mol. The third kappa shape index (κ3) is 9.96. The molecule has 0 aliphatic heterocycles. The Bertz CT molecular complexity index is 61.4. The van der Waals surface area contributed by atoms with Crippen LogP contribution in [-0.2, 0) is 0 Å². The van der Waals surface area contributed by atoms with Crippen molar-refractivity contribution in [2.75, 3.05) is 13.1 Å². The Morgan fingerprint density at radius 1 is 0.667 bits per heavy atom. The molecule has 0 aromatic carbocycles. The largest absolute Gasteiger partial charge is 0.317 e. The molecule has 0 atom stereocenters. The van der Waals surface area contributed by atoms with Gasteiger partial charge in [0.25, 0.3) is 0 Å². The Morgan fingerprint density at radius 2 is 1.25 bits per heavy atom. The summed E-state index contributed by atoms with van der Waals surface area (Å²) in [5.74, 6) is 0. The first-order valence-electron chi connectivity index (χ1n) is 5.62. The Kier molecular flexibility index (Phi) is 10.9. The van der Waals surface area contributed by atoms with Gasteiger partial charge in [-0.3, -0.25) is 0 Å². The van der Waals surface area contributed by atoms with E-state index in [0.717, 1.165) is 0 Å². The van der Waals surface area contributed by atoms with Crippen LogP contribution in [0.4, 0.5) is 0 Å². The summed E-state index contributed by atoms with van der Waals surface area (Å²) >= 11 is 0. The van der Waals surface area contributed by atoms with E-state index >= 15 is 0 Å². The summed E-state index contributed by atoms with van der Waals surface area (Å²) in [5.41, 5.74) is 0. The fraction of sp³-hybridized carbons (Fsp3) is 1.00. The summed E-state index contributed by atoms with van der Waals surface area (Å²) in [6, 6.07) is 0. The quantitative estimate of drug-likeness (QED) is 0.525. The predicted molar refractivity (Wildman–Crippen MR) is 56.5 cm³/mol. The minimum absolute atomic E-state index is 1.21. The van der Waals surface area contributed by atoms with E-state index in [9.17, 15) is 0 Å². The maximum atomic E-state index is 3.46. The zero-order valence-corrected chi connectivity index (χ0v) is 8.86. The molecule has 1 nitrogen and oxygen atoms in total. The van der Waals surface area contributed by atoms with Gasteiger partial charge < -0.3 is 5.32 Å². The Hall–Kier alpha value is -0.0400. The van der Waals surface area contributed by atoms with Crippen LogP contribution >= 0.6 is 0 Å². The van der Waals surface area contributed by atoms with Crippen molar-refractivity contribution in [2.24, 2.45) is 0 Å². The molecule has 0 saturated carbocycles. The maximum absolute atomic E-state index is 3.46. The highest BCUT2D eigenvalue weighted by molar-refractivity contribution is 4.48. The molecule has 0 heterocycles. The SMILES string of the molecule is CCCCCCCNCCCC. The van der Waals surface area contributed by atoms with Gasteiger partial charge in [0.15, 0.2) is 0 Å². The second kappa shape index (κ2) is 11.0. The molecule has 0 bridgehead atoms.